The van der Waals surface area contributed by atoms with Crippen LogP contribution in [-0.2, 0) is 12.4 Å². The molecule has 40 heteroatoms. The van der Waals surface area contributed by atoms with Gasteiger partial charge in [-0.05, 0) is 168 Å². The Labute approximate surface area is 715 Å². The zero-order chi connectivity index (χ0) is 86.9. The van der Waals surface area contributed by atoms with Crippen molar-refractivity contribution in [2.24, 2.45) is 0 Å². The average Bonchev–Trinajstić information content (AvgIpc) is 1.17. The molecule has 0 saturated carbocycles. The fourth-order valence-electron chi connectivity index (χ4n) is 16.8. The summed E-state index contributed by atoms with van der Waals surface area (Å²) in [6.45, 7) is 12.7. The molecule has 8 aliphatic rings. The van der Waals surface area contributed by atoms with Crippen LogP contribution >= 0.6 is 0 Å². The molecule has 13 aromatic rings. The third kappa shape index (κ3) is 17.2. The first-order chi connectivity index (χ1) is 61.1. The van der Waals surface area contributed by atoms with Crippen molar-refractivity contribution in [3.8, 4) is 50.9 Å². The average molecular weight is 1710 g/mol. The molecule has 21 rings (SSSR count). The van der Waals surface area contributed by atoms with Gasteiger partial charge in [-0.2, -0.15) is 36.4 Å². The van der Waals surface area contributed by atoms with E-state index in [1.807, 2.05) is 69.3 Å². The minimum atomic E-state index is -4.56. The fourth-order valence-corrected chi connectivity index (χ4v) is 16.8. The highest BCUT2D eigenvalue weighted by Gasteiger charge is 2.45. The van der Waals surface area contributed by atoms with Crippen LogP contribution in [0, 0.1) is 13.8 Å². The number of fused-ring (bicyclic) bond motifs is 17. The molecule has 0 unspecified atom stereocenters. The number of urea groups is 4. The number of halogens is 6. The molecular weight excluding hydrogens is 1630 g/mol. The molecule has 8 amide bonds. The summed E-state index contributed by atoms with van der Waals surface area (Å²) in [5.74, 6) is 3.73. The van der Waals surface area contributed by atoms with E-state index in [-0.39, 0.29) is 53.4 Å². The van der Waals surface area contributed by atoms with Crippen molar-refractivity contribution in [3.63, 3.8) is 0 Å². The number of pyridine rings is 9. The molecule has 0 aromatic carbocycles. The summed E-state index contributed by atoms with van der Waals surface area (Å²) < 4.78 is 84.2. The maximum absolute atomic E-state index is 13.4. The van der Waals surface area contributed by atoms with E-state index in [9.17, 15) is 45.5 Å². The van der Waals surface area contributed by atoms with Gasteiger partial charge in [0, 0.05) is 122 Å². The molecule has 13 aromatic heterocycles. The van der Waals surface area contributed by atoms with Gasteiger partial charge in [0.1, 0.15) is 35.7 Å². The van der Waals surface area contributed by atoms with E-state index in [1.54, 1.807) is 74.7 Å². The lowest BCUT2D eigenvalue weighted by Crippen LogP contribution is -2.56. The minimum Gasteiger partial charge on any atom is -0.477 e. The molecular formula is C86H79F6N29O5. The number of anilines is 12. The van der Waals surface area contributed by atoms with Crippen molar-refractivity contribution in [2.75, 3.05) is 119 Å². The summed E-state index contributed by atoms with van der Waals surface area (Å²) in [5.41, 5.74) is 9.42. The topological polar surface area (TPSA) is 374 Å². The van der Waals surface area contributed by atoms with E-state index in [2.05, 4.69) is 122 Å². The third-order valence-corrected chi connectivity index (χ3v) is 22.6. The Balaban J connectivity index is 0.000000114. The first kappa shape index (κ1) is 81.7. The standard InChI is InChI=1S/C22H20N8O.C22H23N7O2.2C21H18F3N7O/c1-13-8-14(4-6-23-13)17-2-3-19-21(26-17)30(16-5-7-29(19)12-16)22(31)27-20-9-15-10-25-28-18(15)11-24-20;1-3-31-20-12-23-11-19(26-20)27-22(30)29-16-7-9-28(13-16)18-5-4-17(25-21(18)29)15-6-8-24-14(2)10-15;22-21(23,24)17-10-13(5-8-26-17)15-3-4-16-19(28-15)31(14-2-1-9-30(16)11-14)20(32)29-18-6-7-25-12-27-18;22-21(23,24)18-8-13(5-6-27-18)16-3-4-17-19(29-16)31(15-2-1-7-30(17)11-15)20(32)28-14-9-25-12-26-10-14/h2-4,6,8-11,16H,5,7,12H2,1H3,(H,25,28)(H,24,27,31);4-6,8,10-12,16H,3,7,9,13H2,1-2H3,(H,26,27,30);3-8,10,12,14H,1-2,9,11H2,(H,25,27,29,32);3-6,8-10,12,15H,1-2,7,11H2,(H,28,32)/t2*16-;14-;15-/m0000/s1. The Morgan fingerprint density at radius 2 is 0.849 bits per heavy atom. The van der Waals surface area contributed by atoms with Gasteiger partial charge in [-0.25, -0.2) is 64.0 Å². The number of carbonyl (C=O) groups excluding carboxylic acids is 4. The van der Waals surface area contributed by atoms with E-state index < -0.39 is 29.8 Å². The van der Waals surface area contributed by atoms with E-state index in [4.69, 9.17) is 14.7 Å². The van der Waals surface area contributed by atoms with Crippen LogP contribution in [0.25, 0.3) is 55.9 Å². The lowest BCUT2D eigenvalue weighted by Gasteiger charge is -2.45. The minimum absolute atomic E-state index is 0.0532. The number of hydrogen-bond donors (Lipinski definition) is 5. The summed E-state index contributed by atoms with van der Waals surface area (Å²) in [6.07, 6.45) is 15.5. The zero-order valence-corrected chi connectivity index (χ0v) is 67.9. The van der Waals surface area contributed by atoms with Crippen LogP contribution < -0.4 is 65.2 Å². The van der Waals surface area contributed by atoms with Crippen molar-refractivity contribution in [1.82, 2.24) is 85.0 Å². The summed E-state index contributed by atoms with van der Waals surface area (Å²) in [4.78, 5) is 132. The highest BCUT2D eigenvalue weighted by molar-refractivity contribution is 6.08. The number of nitrogens with zero attached hydrogens (tertiary/aromatic N) is 24. The molecule has 4 fully saturated rings. The number of aromatic nitrogens is 17. The summed E-state index contributed by atoms with van der Waals surface area (Å²) >= 11 is 0. The molecule has 126 heavy (non-hydrogen) atoms. The largest absolute Gasteiger partial charge is 0.477 e. The number of hydrogen-bond acceptors (Lipinski definition) is 25. The van der Waals surface area contributed by atoms with Gasteiger partial charge in [0.25, 0.3) is 0 Å². The first-order valence-electron chi connectivity index (χ1n) is 40.7. The van der Waals surface area contributed by atoms with E-state index in [0.29, 0.717) is 83.4 Å². The lowest BCUT2D eigenvalue weighted by atomic mass is 9.99. The summed E-state index contributed by atoms with van der Waals surface area (Å²) in [5, 5.41) is 19.1. The van der Waals surface area contributed by atoms with Crippen LogP contribution in [0.1, 0.15) is 68.2 Å². The number of piperidine rings is 2. The number of aryl methyl sites for hydroxylation is 2. The van der Waals surface area contributed by atoms with Crippen molar-refractivity contribution in [2.45, 2.75) is 95.8 Å². The van der Waals surface area contributed by atoms with E-state index >= 15 is 0 Å². The molecule has 8 aliphatic heterocycles. The monoisotopic (exact) mass is 1710 g/mol. The molecule has 8 bridgehead atoms. The van der Waals surface area contributed by atoms with Gasteiger partial charge in [-0.15, -0.1) is 0 Å². The quantitative estimate of drug-likeness (QED) is 0.0794. The second-order valence-electron chi connectivity index (χ2n) is 30.8. The number of carbonyl (C=O) groups is 4. The van der Waals surface area contributed by atoms with Gasteiger partial charge in [0.15, 0.2) is 29.1 Å². The predicted octanol–water partition coefficient (Wildman–Crippen LogP) is 14.6. The molecule has 4 saturated heterocycles. The van der Waals surface area contributed by atoms with Crippen LogP contribution in [0.15, 0.2) is 190 Å². The molecule has 4 atom stereocenters. The Kier molecular flexibility index (Phi) is 22.4. The Hall–Kier alpha value is -15.3. The molecule has 5 N–H and O–H groups in total. The predicted molar refractivity (Wildman–Crippen MR) is 458 cm³/mol. The van der Waals surface area contributed by atoms with Crippen LogP contribution in [0.3, 0.4) is 0 Å². The van der Waals surface area contributed by atoms with Crippen LogP contribution in [-0.4, -0.2) is 192 Å². The second-order valence-corrected chi connectivity index (χ2v) is 30.8. The van der Waals surface area contributed by atoms with Gasteiger partial charge in [0.05, 0.1) is 125 Å². The number of ether oxygens (including phenoxy) is 1. The number of amides is 8. The van der Waals surface area contributed by atoms with Crippen molar-refractivity contribution in [1.29, 1.82) is 0 Å². The van der Waals surface area contributed by atoms with E-state index in [1.165, 1.54) is 55.8 Å². The van der Waals surface area contributed by atoms with E-state index in [0.717, 1.165) is 170 Å². The maximum atomic E-state index is 13.4. The molecule has 0 aliphatic carbocycles. The number of rotatable bonds is 10. The number of nitrogens with one attached hydrogen (secondary N) is 5. The summed E-state index contributed by atoms with van der Waals surface area (Å²) in [7, 11) is 0. The second kappa shape index (κ2) is 34.6. The molecule has 0 spiro atoms. The van der Waals surface area contributed by atoms with Gasteiger partial charge in [-0.1, -0.05) is 0 Å². The normalized spacial score (nSPS) is 17.3. The zero-order valence-electron chi connectivity index (χ0n) is 67.9. The number of aromatic amines is 1. The van der Waals surface area contributed by atoms with Crippen LogP contribution in [0.4, 0.5) is 115 Å². The van der Waals surface area contributed by atoms with Crippen LogP contribution in [0.5, 0.6) is 5.88 Å². The first-order valence-corrected chi connectivity index (χ1v) is 40.7. The van der Waals surface area contributed by atoms with Crippen molar-refractivity contribution < 1.29 is 50.3 Å². The SMILES string of the molecule is CCOc1cncc(NC(=O)N2c3nc(-c4ccnc(C)c4)ccc3N3CC[C@H]2C3)n1.Cc1cc(-c2ccc3c(n2)N(C(=O)Nc2cc4cn[nH]c4cn2)[C@H]2CCN3C2)ccn1.O=C(Nc1ccncn1)N1c2nc(-c3ccnc(C(F)(F)F)c3)ccc2N2CCC[C@H]1C2.O=C(Nc1cncnc1)N1c2nc(-c3ccnc(C(F)(F)F)c3)ccc2N2CCC[C@H]1C2. The van der Waals surface area contributed by atoms with Crippen molar-refractivity contribution >= 4 is 104 Å². The molecule has 640 valence electrons. The number of H-pyrrole nitrogens is 1. The summed E-state index contributed by atoms with van der Waals surface area (Å²) in [6, 6.07) is 29.8. The fraction of sp³-hybridized carbons (Fsp3) is 0.279. The highest BCUT2D eigenvalue weighted by Crippen LogP contribution is 2.46. The smallest absolute Gasteiger partial charge is 0.433 e. The highest BCUT2D eigenvalue weighted by atomic mass is 19.4. The number of alkyl halides is 6. The van der Waals surface area contributed by atoms with Gasteiger partial charge in [-0.3, -0.25) is 65.6 Å². The Bertz CT molecular complexity index is 6080. The Morgan fingerprint density at radius 1 is 0.413 bits per heavy atom. The van der Waals surface area contributed by atoms with Gasteiger partial charge < -0.3 is 29.7 Å². The Morgan fingerprint density at radius 3 is 1.30 bits per heavy atom. The molecule has 21 heterocycles. The van der Waals surface area contributed by atoms with Crippen LogP contribution in [0.2, 0.25) is 0 Å². The third-order valence-electron chi connectivity index (χ3n) is 22.6. The maximum Gasteiger partial charge on any atom is 0.433 e. The van der Waals surface area contributed by atoms with Crippen molar-refractivity contribution in [3.05, 3.63) is 213 Å². The van der Waals surface area contributed by atoms with Gasteiger partial charge in [0.2, 0.25) is 5.88 Å². The lowest BCUT2D eigenvalue weighted by molar-refractivity contribution is -0.141. The molecule has 0 radical (unpaired) electrons. The van der Waals surface area contributed by atoms with Gasteiger partial charge >= 0.3 is 36.5 Å². The molecule has 34 nitrogen and oxygen atoms in total.